The summed E-state index contributed by atoms with van der Waals surface area (Å²) in [6.07, 6.45) is -11.1. The molecule has 0 unspecified atom stereocenters. The van der Waals surface area contributed by atoms with Gasteiger partial charge >= 0.3 is 12.4 Å². The van der Waals surface area contributed by atoms with Gasteiger partial charge < -0.3 is 15.1 Å². The van der Waals surface area contributed by atoms with Crippen LogP contribution in [0.3, 0.4) is 0 Å². The number of piperazine rings is 1. The number of rotatable bonds is 0. The lowest BCUT2D eigenvalue weighted by Crippen LogP contribution is -2.80. The monoisotopic (exact) mass is 380 g/mol. The van der Waals surface area contributed by atoms with Gasteiger partial charge in [-0.25, -0.2) is 0 Å². The van der Waals surface area contributed by atoms with E-state index in [4.69, 9.17) is 0 Å². The Balaban J connectivity index is 3.62. The van der Waals surface area contributed by atoms with Gasteiger partial charge in [-0.2, -0.15) is 26.3 Å². The number of aliphatic hydroxyl groups is 2. The molecule has 1 fully saturated rings. The molecule has 0 aromatic carbocycles. The maximum atomic E-state index is 13.4. The molecule has 0 spiro atoms. The fraction of sp³-hybridized carbons (Fsp3) is 0.846. The Kier molecular flexibility index (Phi) is 4.92. The molecule has 2 N–H and O–H groups in total. The van der Waals surface area contributed by atoms with E-state index in [1.54, 1.807) is 0 Å². The smallest absolute Gasteiger partial charge is 0.362 e. The molecule has 2 amide bonds. The molecule has 2 atom stereocenters. The van der Waals surface area contributed by atoms with Crippen LogP contribution in [-0.2, 0) is 9.59 Å². The van der Waals surface area contributed by atoms with E-state index in [0.29, 0.717) is 6.92 Å². The summed E-state index contributed by atoms with van der Waals surface area (Å²) in [5, 5.41) is 20.0. The molecular weight excluding hydrogens is 362 g/mol. The van der Waals surface area contributed by atoms with Crippen LogP contribution in [-0.4, -0.2) is 68.7 Å². The van der Waals surface area contributed by atoms with Gasteiger partial charge in [-0.15, -0.1) is 0 Å². The molecule has 0 bridgehead atoms. The summed E-state index contributed by atoms with van der Waals surface area (Å²) in [5.41, 5.74) is -9.75. The number of β-amino-alcohol motifs (C(OH)–C–C–N with tert-alkyl or cyclic N) is 2. The molecule has 1 aliphatic heterocycles. The molecule has 0 aromatic rings. The summed E-state index contributed by atoms with van der Waals surface area (Å²) in [7, 11) is 0. The summed E-state index contributed by atoms with van der Waals surface area (Å²) in [6.45, 7) is -0.0526. The van der Waals surface area contributed by atoms with E-state index < -0.39 is 63.9 Å². The zero-order valence-corrected chi connectivity index (χ0v) is 13.8. The zero-order valence-electron chi connectivity index (χ0n) is 13.8. The van der Waals surface area contributed by atoms with Gasteiger partial charge in [-0.3, -0.25) is 14.5 Å². The van der Waals surface area contributed by atoms with Crippen LogP contribution >= 0.6 is 0 Å². The van der Waals surface area contributed by atoms with Crippen molar-refractivity contribution in [3.8, 4) is 0 Å². The first-order valence-corrected chi connectivity index (χ1v) is 6.97. The maximum Gasteiger partial charge on any atom is 0.438 e. The Labute approximate surface area is 139 Å². The van der Waals surface area contributed by atoms with E-state index in [1.807, 2.05) is 0 Å². The van der Waals surface area contributed by atoms with Crippen LogP contribution in [0.5, 0.6) is 0 Å². The third-order valence-electron chi connectivity index (χ3n) is 3.83. The lowest BCUT2D eigenvalue weighted by Gasteiger charge is -2.55. The molecule has 25 heavy (non-hydrogen) atoms. The second kappa shape index (κ2) is 5.73. The van der Waals surface area contributed by atoms with E-state index in [9.17, 15) is 46.1 Å². The quantitative estimate of drug-likeness (QED) is 0.620. The molecule has 0 saturated carbocycles. The molecule has 1 saturated heterocycles. The van der Waals surface area contributed by atoms with Crippen LogP contribution in [0, 0.1) is 5.41 Å². The Morgan fingerprint density at radius 3 is 1.44 bits per heavy atom. The Morgan fingerprint density at radius 1 is 0.840 bits per heavy atom. The van der Waals surface area contributed by atoms with Gasteiger partial charge in [0.25, 0.3) is 11.4 Å². The van der Waals surface area contributed by atoms with Gasteiger partial charge in [0.15, 0.2) is 0 Å². The van der Waals surface area contributed by atoms with E-state index in [1.165, 1.54) is 0 Å². The molecule has 12 heteroatoms. The molecule has 1 rings (SSSR count). The number of alkyl halides is 6. The van der Waals surface area contributed by atoms with Gasteiger partial charge in [-0.1, -0.05) is 20.8 Å². The minimum absolute atomic E-state index is 0.472. The summed E-state index contributed by atoms with van der Waals surface area (Å²) >= 11 is 0. The Hall–Kier alpha value is -1.56. The number of hydrogen-bond donors (Lipinski definition) is 2. The third-order valence-corrected chi connectivity index (χ3v) is 3.83. The molecule has 1 heterocycles. The zero-order chi connectivity index (χ0) is 20.2. The van der Waals surface area contributed by atoms with Crippen LogP contribution in [0.1, 0.15) is 27.7 Å². The first kappa shape index (κ1) is 21.5. The van der Waals surface area contributed by atoms with Crippen molar-refractivity contribution in [2.75, 3.05) is 13.1 Å². The highest BCUT2D eigenvalue weighted by Crippen LogP contribution is 2.46. The Bertz CT molecular complexity index is 570. The molecule has 0 aliphatic carbocycles. The van der Waals surface area contributed by atoms with E-state index in [2.05, 4.69) is 0 Å². The van der Waals surface area contributed by atoms with Gasteiger partial charge in [0, 0.05) is 12.3 Å². The van der Waals surface area contributed by atoms with Crippen LogP contribution in [0.4, 0.5) is 26.3 Å². The number of carbonyl (C=O) groups excluding carboxylic acids is 2. The number of nitrogens with zero attached hydrogens (tertiary/aromatic N) is 2. The predicted octanol–water partition coefficient (Wildman–Crippen LogP) is 1.23. The van der Waals surface area contributed by atoms with E-state index in [0.717, 1.165) is 20.8 Å². The maximum absolute atomic E-state index is 13.4. The minimum Gasteiger partial charge on any atom is -0.362 e. The van der Waals surface area contributed by atoms with Crippen LogP contribution < -0.4 is 0 Å². The van der Waals surface area contributed by atoms with Crippen molar-refractivity contribution >= 4 is 11.8 Å². The topological polar surface area (TPSA) is 81.1 Å². The average molecular weight is 380 g/mol. The highest BCUT2D eigenvalue weighted by atomic mass is 19.4. The van der Waals surface area contributed by atoms with E-state index in [-0.39, 0.29) is 0 Å². The molecule has 0 radical (unpaired) electrons. The SMILES string of the molecule is CC(=O)N1C[C@@](O)(C(F)(F)F)N(C(=O)C(C)(C)C)C[C@@]1(O)C(F)(F)F. The van der Waals surface area contributed by atoms with Crippen molar-refractivity contribution in [1.29, 1.82) is 0 Å². The van der Waals surface area contributed by atoms with E-state index >= 15 is 0 Å². The van der Waals surface area contributed by atoms with Crippen molar-refractivity contribution < 1.29 is 46.1 Å². The summed E-state index contributed by atoms with van der Waals surface area (Å²) in [5.74, 6) is -3.02. The third kappa shape index (κ3) is 3.41. The Morgan fingerprint density at radius 2 is 1.16 bits per heavy atom. The van der Waals surface area contributed by atoms with Crippen LogP contribution in [0.25, 0.3) is 0 Å². The predicted molar refractivity (Wildman–Crippen MR) is 70.6 cm³/mol. The van der Waals surface area contributed by atoms with Crippen LogP contribution in [0.15, 0.2) is 0 Å². The fourth-order valence-electron chi connectivity index (χ4n) is 2.38. The molecule has 1 aliphatic rings. The number of amides is 2. The van der Waals surface area contributed by atoms with Crippen molar-refractivity contribution in [3.05, 3.63) is 0 Å². The van der Waals surface area contributed by atoms with Crippen molar-refractivity contribution in [2.24, 2.45) is 5.41 Å². The average Bonchev–Trinajstić information content (AvgIpc) is 2.36. The molecule has 0 aromatic heterocycles. The molecule has 6 nitrogen and oxygen atoms in total. The van der Waals surface area contributed by atoms with Crippen molar-refractivity contribution in [1.82, 2.24) is 9.80 Å². The van der Waals surface area contributed by atoms with Crippen LogP contribution in [0.2, 0.25) is 0 Å². The highest BCUT2D eigenvalue weighted by molar-refractivity contribution is 5.83. The number of hydrogen-bond acceptors (Lipinski definition) is 4. The summed E-state index contributed by atoms with van der Waals surface area (Å²) < 4.78 is 79.9. The van der Waals surface area contributed by atoms with Crippen molar-refractivity contribution in [3.63, 3.8) is 0 Å². The van der Waals surface area contributed by atoms with Gasteiger partial charge in [0.05, 0.1) is 13.1 Å². The standard InChI is InChI=1S/C13H18F6N2O4/c1-7(22)20-5-11(25,13(17,18)19)21(8(23)9(2,3)4)6-10(20,24)12(14,15)16/h24-25H,5-6H2,1-4H3/t10-,11-/m1/s1. The molecule has 146 valence electrons. The second-order valence-corrected chi connectivity index (χ2v) is 6.88. The number of carbonyl (C=O) groups is 2. The first-order chi connectivity index (χ1) is 10.8. The van der Waals surface area contributed by atoms with Crippen molar-refractivity contribution in [2.45, 2.75) is 51.5 Å². The molecular formula is C13H18F6N2O4. The van der Waals surface area contributed by atoms with Gasteiger partial charge in [0.1, 0.15) is 0 Å². The lowest BCUT2D eigenvalue weighted by atomic mass is 9.90. The normalized spacial score (nSPS) is 29.0. The minimum atomic E-state index is -5.57. The van der Waals surface area contributed by atoms with Gasteiger partial charge in [0.2, 0.25) is 11.8 Å². The lowest BCUT2D eigenvalue weighted by molar-refractivity contribution is -0.384. The summed E-state index contributed by atoms with van der Waals surface area (Å²) in [6, 6.07) is 0. The number of halogens is 6. The fourth-order valence-corrected chi connectivity index (χ4v) is 2.38. The largest absolute Gasteiger partial charge is 0.438 e. The van der Waals surface area contributed by atoms with Gasteiger partial charge in [-0.05, 0) is 0 Å². The first-order valence-electron chi connectivity index (χ1n) is 6.97. The summed E-state index contributed by atoms with van der Waals surface area (Å²) in [4.78, 5) is 22.7. The second-order valence-electron chi connectivity index (χ2n) is 6.88. The highest BCUT2D eigenvalue weighted by Gasteiger charge is 2.72.